The molecule has 0 saturated carbocycles. The van der Waals surface area contributed by atoms with Gasteiger partial charge in [-0.2, -0.15) is 0 Å². The maximum atomic E-state index is 12.2. The first-order valence-electron chi connectivity index (χ1n) is 7.03. The predicted octanol–water partition coefficient (Wildman–Crippen LogP) is 0.930. The second kappa shape index (κ2) is 6.53. The van der Waals surface area contributed by atoms with Gasteiger partial charge in [-0.3, -0.25) is 9.78 Å². The van der Waals surface area contributed by atoms with E-state index in [1.54, 1.807) is 12.4 Å². The van der Waals surface area contributed by atoms with Crippen molar-refractivity contribution in [2.75, 3.05) is 19.3 Å². The molecule has 1 aromatic rings. The Morgan fingerprint density at radius 3 is 2.62 bits per heavy atom. The summed E-state index contributed by atoms with van der Waals surface area (Å²) >= 11 is 0. The van der Waals surface area contributed by atoms with Crippen LogP contribution in [0.25, 0.3) is 0 Å². The molecular formula is C14H21N3O3S. The second-order valence-corrected chi connectivity index (χ2v) is 7.44. The van der Waals surface area contributed by atoms with Crippen molar-refractivity contribution in [3.8, 4) is 0 Å². The van der Waals surface area contributed by atoms with Crippen LogP contribution in [0, 0.1) is 5.92 Å². The molecule has 0 bridgehead atoms. The minimum absolute atomic E-state index is 0.0143. The van der Waals surface area contributed by atoms with E-state index in [2.05, 4.69) is 10.3 Å². The first-order valence-corrected chi connectivity index (χ1v) is 8.88. The van der Waals surface area contributed by atoms with Gasteiger partial charge < -0.3 is 5.32 Å². The molecule has 1 fully saturated rings. The van der Waals surface area contributed by atoms with Crippen LogP contribution in [0.5, 0.6) is 0 Å². The van der Waals surface area contributed by atoms with Crippen LogP contribution in [-0.4, -0.2) is 43.0 Å². The first-order chi connectivity index (χ1) is 9.88. The van der Waals surface area contributed by atoms with Gasteiger partial charge in [-0.25, -0.2) is 12.7 Å². The van der Waals surface area contributed by atoms with E-state index >= 15 is 0 Å². The monoisotopic (exact) mass is 311 g/mol. The summed E-state index contributed by atoms with van der Waals surface area (Å²) in [6.45, 7) is 2.75. The molecule has 116 valence electrons. The lowest BCUT2D eigenvalue weighted by atomic mass is 9.96. The number of carbonyl (C=O) groups is 1. The Morgan fingerprint density at radius 1 is 1.43 bits per heavy atom. The number of pyridine rings is 1. The molecule has 1 N–H and O–H groups in total. The molecule has 1 aliphatic rings. The van der Waals surface area contributed by atoms with Gasteiger partial charge in [-0.15, -0.1) is 0 Å². The molecule has 6 nitrogen and oxygen atoms in total. The fourth-order valence-corrected chi connectivity index (χ4v) is 3.37. The minimum atomic E-state index is -3.15. The van der Waals surface area contributed by atoms with Crippen molar-refractivity contribution in [1.29, 1.82) is 0 Å². The second-order valence-electron chi connectivity index (χ2n) is 5.45. The van der Waals surface area contributed by atoms with Crippen LogP contribution >= 0.6 is 0 Å². The number of hydrogen-bond acceptors (Lipinski definition) is 4. The van der Waals surface area contributed by atoms with E-state index < -0.39 is 10.0 Å². The van der Waals surface area contributed by atoms with Crippen LogP contribution in [-0.2, 0) is 14.8 Å². The van der Waals surface area contributed by atoms with Crippen molar-refractivity contribution in [3.05, 3.63) is 30.1 Å². The van der Waals surface area contributed by atoms with Gasteiger partial charge >= 0.3 is 0 Å². The van der Waals surface area contributed by atoms with Gasteiger partial charge in [0.1, 0.15) is 0 Å². The van der Waals surface area contributed by atoms with Crippen LogP contribution in [0.4, 0.5) is 0 Å². The first kappa shape index (κ1) is 15.9. The lowest BCUT2D eigenvalue weighted by Crippen LogP contribution is -2.43. The van der Waals surface area contributed by atoms with Gasteiger partial charge in [0.2, 0.25) is 15.9 Å². The number of nitrogens with zero attached hydrogens (tertiary/aromatic N) is 2. The molecule has 1 aromatic heterocycles. The summed E-state index contributed by atoms with van der Waals surface area (Å²) in [5, 5.41) is 2.97. The van der Waals surface area contributed by atoms with E-state index in [9.17, 15) is 13.2 Å². The third-order valence-electron chi connectivity index (χ3n) is 3.84. The van der Waals surface area contributed by atoms with E-state index in [0.29, 0.717) is 25.9 Å². The number of amides is 1. The summed E-state index contributed by atoms with van der Waals surface area (Å²) in [5.74, 6) is -0.137. The fourth-order valence-electron chi connectivity index (χ4n) is 2.50. The number of piperidine rings is 1. The summed E-state index contributed by atoms with van der Waals surface area (Å²) in [6, 6.07) is 3.66. The van der Waals surface area contributed by atoms with E-state index in [-0.39, 0.29) is 17.9 Å². The van der Waals surface area contributed by atoms with Crippen LogP contribution in [0.1, 0.15) is 31.4 Å². The highest BCUT2D eigenvalue weighted by atomic mass is 32.2. The van der Waals surface area contributed by atoms with Crippen molar-refractivity contribution in [1.82, 2.24) is 14.6 Å². The van der Waals surface area contributed by atoms with Gasteiger partial charge in [0.15, 0.2) is 0 Å². The minimum Gasteiger partial charge on any atom is -0.349 e. The summed E-state index contributed by atoms with van der Waals surface area (Å²) in [5.41, 5.74) is 0.958. The Kier molecular flexibility index (Phi) is 4.95. The topological polar surface area (TPSA) is 79.4 Å². The molecule has 2 rings (SSSR count). The summed E-state index contributed by atoms with van der Waals surface area (Å²) in [6.07, 6.45) is 5.77. The molecular weight excluding hydrogens is 290 g/mol. The average molecular weight is 311 g/mol. The lowest BCUT2D eigenvalue weighted by molar-refractivity contribution is -0.126. The Balaban J connectivity index is 1.88. The van der Waals surface area contributed by atoms with Gasteiger partial charge in [-0.05, 0) is 31.4 Å². The highest BCUT2D eigenvalue weighted by Gasteiger charge is 2.29. The molecule has 1 aliphatic heterocycles. The Hall–Kier alpha value is -1.47. The molecule has 0 aliphatic carbocycles. The molecule has 2 heterocycles. The van der Waals surface area contributed by atoms with Crippen LogP contribution in [0.3, 0.4) is 0 Å². The van der Waals surface area contributed by atoms with Crippen molar-refractivity contribution in [2.45, 2.75) is 25.8 Å². The number of sulfonamides is 1. The number of nitrogens with one attached hydrogen (secondary N) is 1. The number of rotatable bonds is 4. The molecule has 21 heavy (non-hydrogen) atoms. The lowest BCUT2D eigenvalue weighted by Gasteiger charge is -2.30. The van der Waals surface area contributed by atoms with E-state index in [1.807, 2.05) is 19.1 Å². The van der Waals surface area contributed by atoms with Gasteiger partial charge in [-0.1, -0.05) is 6.07 Å². The van der Waals surface area contributed by atoms with Crippen molar-refractivity contribution >= 4 is 15.9 Å². The van der Waals surface area contributed by atoms with Crippen LogP contribution in [0.2, 0.25) is 0 Å². The number of hydrogen-bond donors (Lipinski definition) is 1. The Morgan fingerprint density at radius 2 is 2.10 bits per heavy atom. The number of aromatic nitrogens is 1. The Labute approximate surface area is 125 Å². The quantitative estimate of drug-likeness (QED) is 0.897. The molecule has 0 spiro atoms. The van der Waals surface area contributed by atoms with E-state index in [1.165, 1.54) is 10.6 Å². The maximum absolute atomic E-state index is 12.2. The maximum Gasteiger partial charge on any atom is 0.223 e. The SMILES string of the molecule is C[C@@H](NC(=O)C1CCN(S(C)(=O)=O)CC1)c1cccnc1. The fraction of sp³-hybridized carbons (Fsp3) is 0.571. The van der Waals surface area contributed by atoms with E-state index in [0.717, 1.165) is 5.56 Å². The zero-order valence-electron chi connectivity index (χ0n) is 12.3. The van der Waals surface area contributed by atoms with Crippen LogP contribution < -0.4 is 5.32 Å². The van der Waals surface area contributed by atoms with Gasteiger partial charge in [0.05, 0.1) is 12.3 Å². The molecule has 1 amide bonds. The predicted molar refractivity (Wildman–Crippen MR) is 79.9 cm³/mol. The third kappa shape index (κ3) is 4.25. The highest BCUT2D eigenvalue weighted by molar-refractivity contribution is 7.88. The molecule has 0 aromatic carbocycles. The molecule has 1 saturated heterocycles. The summed E-state index contributed by atoms with van der Waals surface area (Å²) in [7, 11) is -3.15. The smallest absolute Gasteiger partial charge is 0.223 e. The summed E-state index contributed by atoms with van der Waals surface area (Å²) in [4.78, 5) is 16.3. The molecule has 7 heteroatoms. The zero-order chi connectivity index (χ0) is 15.5. The van der Waals surface area contributed by atoms with Crippen molar-refractivity contribution in [3.63, 3.8) is 0 Å². The van der Waals surface area contributed by atoms with Gasteiger partial charge in [0, 0.05) is 31.4 Å². The summed E-state index contributed by atoms with van der Waals surface area (Å²) < 4.78 is 24.3. The molecule has 0 unspecified atom stereocenters. The third-order valence-corrected chi connectivity index (χ3v) is 5.14. The largest absolute Gasteiger partial charge is 0.349 e. The van der Waals surface area contributed by atoms with Crippen molar-refractivity contribution < 1.29 is 13.2 Å². The normalized spacial score (nSPS) is 19.1. The average Bonchev–Trinajstić information content (AvgIpc) is 2.47. The molecule has 0 radical (unpaired) electrons. The van der Waals surface area contributed by atoms with Crippen LogP contribution in [0.15, 0.2) is 24.5 Å². The number of carbonyl (C=O) groups excluding carboxylic acids is 1. The highest BCUT2D eigenvalue weighted by Crippen LogP contribution is 2.20. The van der Waals surface area contributed by atoms with E-state index in [4.69, 9.17) is 0 Å². The standard InChI is InChI=1S/C14H21N3O3S/c1-11(13-4-3-7-15-10-13)16-14(18)12-5-8-17(9-6-12)21(2,19)20/h3-4,7,10-12H,5-6,8-9H2,1-2H3,(H,16,18)/t11-/m1/s1. The zero-order valence-corrected chi connectivity index (χ0v) is 13.1. The molecule has 1 atom stereocenters. The Bertz CT molecular complexity index is 581. The van der Waals surface area contributed by atoms with Gasteiger partial charge in [0.25, 0.3) is 0 Å². The van der Waals surface area contributed by atoms with Crippen molar-refractivity contribution in [2.24, 2.45) is 5.92 Å².